The molecule has 0 unspecified atom stereocenters. The molecule has 106 heavy (non-hydrogen) atoms. The molecule has 0 radical (unpaired) electrons. The van der Waals surface area contributed by atoms with Gasteiger partial charge in [0.15, 0.2) is 0 Å². The zero-order valence-electron chi connectivity index (χ0n) is 59.3. The van der Waals surface area contributed by atoms with Gasteiger partial charge in [-0.05, 0) is 195 Å². The molecule has 14 heteroatoms. The van der Waals surface area contributed by atoms with Crippen molar-refractivity contribution < 1.29 is 8.83 Å². The number of nitrogens with one attached hydrogen (secondary N) is 4. The SMILES string of the molecule is C1=CSC(=C2SC=CS2)S1.CN(C)c1ccccc1.c1cc2c3c(c1)CCCN3CCC2.c1cc2cc3occc3cc2o1.c1cc[nH]c1.c1ccc(Nc2ccccc2)cc1.c1ccc2[nH]ccc2c1.c1ccc2c(c1)[SiH2]c1ccccc1-2.c1ccc2c(c1)[nH]c1ccccc12.c1ccc2sccc2c1. The van der Waals surface area contributed by atoms with Crippen LogP contribution in [0.4, 0.5) is 22.7 Å². The van der Waals surface area contributed by atoms with E-state index in [-0.39, 0.29) is 9.52 Å². The highest BCUT2D eigenvalue weighted by atomic mass is 32.2. The lowest BCUT2D eigenvalue weighted by molar-refractivity contribution is 0.612. The quantitative estimate of drug-likeness (QED) is 0.129. The van der Waals surface area contributed by atoms with Gasteiger partial charge in [-0.15, -0.1) is 11.3 Å². The fraction of sp³-hybridized carbons (Fsp3) is 0.0870. The van der Waals surface area contributed by atoms with Crippen LogP contribution in [0.15, 0.2) is 379 Å². The van der Waals surface area contributed by atoms with Crippen molar-refractivity contribution in [1.29, 1.82) is 0 Å². The average molecular weight is 1490 g/mol. The third kappa shape index (κ3) is 20.6. The molecule has 4 N–H and O–H groups in total. The third-order valence-electron chi connectivity index (χ3n) is 17.8. The van der Waals surface area contributed by atoms with Gasteiger partial charge in [0.25, 0.3) is 0 Å². The Kier molecular flexibility index (Phi) is 27.0. The van der Waals surface area contributed by atoms with Crippen molar-refractivity contribution in [3.63, 3.8) is 0 Å². The van der Waals surface area contributed by atoms with Crippen LogP contribution in [0.25, 0.3) is 75.9 Å². The number of hydrogen-bond donors (Lipinski definition) is 4. The summed E-state index contributed by atoms with van der Waals surface area (Å²) in [6.07, 6.45) is 14.3. The number of thiophene rings is 1. The van der Waals surface area contributed by atoms with Crippen LogP contribution in [0, 0.1) is 0 Å². The number of thioether (sulfide) groups is 4. The molecule has 0 amide bonds. The first-order chi connectivity index (χ1) is 52.4. The van der Waals surface area contributed by atoms with E-state index in [1.807, 2.05) is 207 Å². The minimum atomic E-state index is -0.160. The number of furan rings is 2. The van der Waals surface area contributed by atoms with Crippen LogP contribution < -0.4 is 25.5 Å². The minimum Gasteiger partial charge on any atom is -0.464 e. The summed E-state index contributed by atoms with van der Waals surface area (Å²) >= 11 is 9.07. The molecule has 0 bridgehead atoms. The largest absolute Gasteiger partial charge is 0.464 e. The molecule has 0 saturated heterocycles. The molecule has 528 valence electrons. The van der Waals surface area contributed by atoms with Gasteiger partial charge in [-0.25, -0.2) is 0 Å². The molecular weight excluding hydrogens is 1410 g/mol. The summed E-state index contributed by atoms with van der Waals surface area (Å²) in [5.74, 6) is 0. The van der Waals surface area contributed by atoms with Crippen molar-refractivity contribution >= 4 is 166 Å². The second-order valence-electron chi connectivity index (χ2n) is 25.2. The Morgan fingerprint density at radius 1 is 0.415 bits per heavy atom. The molecule has 6 aromatic heterocycles. The topological polar surface area (TPSA) is 92.2 Å². The van der Waals surface area contributed by atoms with Crippen LogP contribution in [0.5, 0.6) is 0 Å². The van der Waals surface area contributed by atoms with E-state index in [0.717, 1.165) is 33.3 Å². The van der Waals surface area contributed by atoms with Crippen LogP contribution in [-0.4, -0.2) is 51.7 Å². The molecule has 0 spiro atoms. The Bertz CT molecular complexity index is 5150. The molecule has 0 atom stereocenters. The van der Waals surface area contributed by atoms with Gasteiger partial charge < -0.3 is 38.9 Å². The Morgan fingerprint density at radius 3 is 1.39 bits per heavy atom. The minimum absolute atomic E-state index is 0.160. The molecule has 22 rings (SSSR count). The molecule has 5 aliphatic rings. The standard InChI is InChI=1S/C12H15N.C12H9N.C12H11N.C12H10Si.C10H6O2.C8H7N.C8H11N.C8H6S.C6H4S4.C4H5N/c1-4-10-6-2-8-13-9-3-7-11(5-1)12(10)13;1-3-7-11-9(5-1)10-6-2-4-8-12(10)13-11;1-3-7-11(8-4-1)13-12-9-5-2-6-10-12;1-3-7-11-9(5-1)10-6-2-4-8-12(10)13-11;1-3-11-9-6-8-2-4-12-10(8)5-7(1)9;1-2-4-8-7(3-1)5-6-9-8;1-9(2)8-6-4-3-5-7-8;1-2-4-8-7(3-1)5-6-9-8;1-2-8-5(7-1)6-9-3-4-10-6;1-2-4-5-3-1/h1,4-5H,2-3,6-9H2;1-8,13H;1-10,13H;1-8H,13H2;1-6H;1-6,9H;3-7H,1-2H3;1-6H;1-4H;1-5H. The van der Waals surface area contributed by atoms with Gasteiger partial charge in [0, 0.05) is 111 Å². The van der Waals surface area contributed by atoms with Gasteiger partial charge in [-0.2, -0.15) is 0 Å². The van der Waals surface area contributed by atoms with Gasteiger partial charge in [0.1, 0.15) is 11.2 Å². The Balaban J connectivity index is 0.000000105. The van der Waals surface area contributed by atoms with Gasteiger partial charge in [-0.1, -0.05) is 252 Å². The zero-order valence-corrected chi connectivity index (χ0v) is 64.8. The van der Waals surface area contributed by atoms with E-state index in [1.165, 1.54) is 107 Å². The van der Waals surface area contributed by atoms with E-state index in [2.05, 4.69) is 233 Å². The van der Waals surface area contributed by atoms with E-state index >= 15 is 0 Å². The summed E-state index contributed by atoms with van der Waals surface area (Å²) in [7, 11) is 3.91. The van der Waals surface area contributed by atoms with Crippen molar-refractivity contribution in [2.24, 2.45) is 0 Å². The first-order valence-electron chi connectivity index (χ1n) is 35.6. The maximum absolute atomic E-state index is 5.25. The second kappa shape index (κ2) is 38.9. The number of fused-ring (bicyclic) bond motifs is 10. The van der Waals surface area contributed by atoms with Crippen LogP contribution in [-0.2, 0) is 12.8 Å². The summed E-state index contributed by atoms with van der Waals surface area (Å²) in [4.78, 5) is 14.0. The van der Waals surface area contributed by atoms with Crippen LogP contribution in [0.3, 0.4) is 0 Å². The Morgan fingerprint density at radius 2 is 0.887 bits per heavy atom. The zero-order chi connectivity index (χ0) is 72.2. The smallest absolute Gasteiger partial charge is 0.134 e. The molecule has 5 aliphatic heterocycles. The normalized spacial score (nSPS) is 12.8. The van der Waals surface area contributed by atoms with E-state index in [9.17, 15) is 0 Å². The summed E-state index contributed by atoms with van der Waals surface area (Å²) in [5, 5.41) is 24.5. The molecule has 0 aliphatic carbocycles. The lowest BCUT2D eigenvalue weighted by Crippen LogP contribution is -2.34. The van der Waals surface area contributed by atoms with Crippen molar-refractivity contribution in [2.75, 3.05) is 42.3 Å². The van der Waals surface area contributed by atoms with E-state index < -0.39 is 0 Å². The van der Waals surface area contributed by atoms with Crippen molar-refractivity contribution in [3.05, 3.63) is 381 Å². The lowest BCUT2D eigenvalue weighted by Gasteiger charge is -2.36. The molecule has 11 aromatic carbocycles. The van der Waals surface area contributed by atoms with Crippen molar-refractivity contribution in [3.8, 4) is 11.1 Å². The predicted molar refractivity (Wildman–Crippen MR) is 470 cm³/mol. The number of benzene rings is 11. The number of aryl methyl sites for hydroxylation is 2. The van der Waals surface area contributed by atoms with Crippen LogP contribution in [0.2, 0.25) is 0 Å². The van der Waals surface area contributed by atoms with Gasteiger partial charge in [0.2, 0.25) is 0 Å². The lowest BCUT2D eigenvalue weighted by atomic mass is 9.92. The number of aromatic nitrogens is 3. The molecule has 0 fully saturated rings. The number of aromatic amines is 3. The highest BCUT2D eigenvalue weighted by Crippen LogP contribution is 2.50. The summed E-state index contributed by atoms with van der Waals surface area (Å²) in [5.41, 5.74) is 16.6. The first kappa shape index (κ1) is 73.6. The third-order valence-corrected chi connectivity index (χ3v) is 25.5. The maximum Gasteiger partial charge on any atom is 0.134 e. The molecule has 0 saturated carbocycles. The fourth-order valence-corrected chi connectivity index (χ4v) is 19.5. The molecular formula is C92H84N6O2S5Si. The van der Waals surface area contributed by atoms with Gasteiger partial charge in [0.05, 0.1) is 30.5 Å². The second-order valence-corrected chi connectivity index (χ2v) is 32.2. The fourth-order valence-electron chi connectivity index (χ4n) is 12.7. The van der Waals surface area contributed by atoms with Crippen molar-refractivity contribution in [1.82, 2.24) is 15.0 Å². The van der Waals surface area contributed by atoms with E-state index in [0.29, 0.717) is 0 Å². The molecule has 17 aromatic rings. The number of anilines is 4. The highest BCUT2D eigenvalue weighted by Gasteiger charge is 2.23. The predicted octanol–water partition coefficient (Wildman–Crippen LogP) is 25.0. The van der Waals surface area contributed by atoms with Crippen LogP contribution in [0.1, 0.15) is 24.0 Å². The molecule has 8 nitrogen and oxygen atoms in total. The van der Waals surface area contributed by atoms with Crippen molar-refractivity contribution in [2.45, 2.75) is 25.7 Å². The number of hydrogen-bond acceptors (Lipinski definition) is 10. The number of nitrogens with zero attached hydrogens (tertiary/aromatic N) is 2. The molecule has 11 heterocycles. The van der Waals surface area contributed by atoms with Crippen LogP contribution >= 0.6 is 58.4 Å². The summed E-state index contributed by atoms with van der Waals surface area (Å²) in [6, 6.07) is 104. The van der Waals surface area contributed by atoms with Gasteiger partial charge in [-0.3, -0.25) is 0 Å². The Hall–Kier alpha value is -10.7. The number of para-hydroxylation sites is 7. The monoisotopic (exact) mass is 1490 g/mol. The van der Waals surface area contributed by atoms with E-state index in [1.54, 1.807) is 51.1 Å². The number of rotatable bonds is 3. The summed E-state index contributed by atoms with van der Waals surface area (Å²) in [6.45, 7) is 2.56. The first-order valence-corrected chi connectivity index (χ1v) is 41.4. The van der Waals surface area contributed by atoms with E-state index in [4.69, 9.17) is 8.83 Å². The average Bonchev–Trinajstić information content (AvgIpc) is 1.66. The highest BCUT2D eigenvalue weighted by molar-refractivity contribution is 8.33. The Labute approximate surface area is 644 Å². The number of H-pyrrole nitrogens is 3. The maximum atomic E-state index is 5.25. The van der Waals surface area contributed by atoms with Gasteiger partial charge >= 0.3 is 0 Å². The summed E-state index contributed by atoms with van der Waals surface area (Å²) < 4.78 is 14.7.